The molecule has 0 unspecified atom stereocenters. The number of rotatable bonds is 6. The van der Waals surface area contributed by atoms with E-state index in [0.717, 1.165) is 31.8 Å². The van der Waals surface area contributed by atoms with Gasteiger partial charge >= 0.3 is 5.69 Å². The fourth-order valence-electron chi connectivity index (χ4n) is 3.17. The maximum atomic E-state index is 11.3. The van der Waals surface area contributed by atoms with Crippen LogP contribution in [-0.4, -0.2) is 55.4 Å². The average molecular weight is 345 g/mol. The topological polar surface area (TPSA) is 97.3 Å². The summed E-state index contributed by atoms with van der Waals surface area (Å²) in [5.41, 5.74) is 0.872. The van der Waals surface area contributed by atoms with E-state index in [4.69, 9.17) is 0 Å². The molecule has 1 aliphatic heterocycles. The van der Waals surface area contributed by atoms with E-state index in [1.807, 2.05) is 0 Å². The summed E-state index contributed by atoms with van der Waals surface area (Å²) in [7, 11) is 0. The lowest BCUT2D eigenvalue weighted by Gasteiger charge is -2.31. The quantitative estimate of drug-likeness (QED) is 0.635. The highest BCUT2D eigenvalue weighted by Gasteiger charge is 2.23. The molecule has 0 saturated carbocycles. The van der Waals surface area contributed by atoms with Gasteiger partial charge in [0.15, 0.2) is 5.69 Å². The van der Waals surface area contributed by atoms with Crippen LogP contribution >= 0.6 is 0 Å². The van der Waals surface area contributed by atoms with E-state index in [0.29, 0.717) is 17.8 Å². The fourth-order valence-corrected chi connectivity index (χ4v) is 3.17. The third kappa shape index (κ3) is 4.40. The van der Waals surface area contributed by atoms with Gasteiger partial charge in [-0.1, -0.05) is 6.92 Å². The first-order valence-electron chi connectivity index (χ1n) is 8.55. The Labute approximate surface area is 146 Å². The molecule has 3 heterocycles. The summed E-state index contributed by atoms with van der Waals surface area (Å²) < 4.78 is 1.46. The normalized spacial score (nSPS) is 17.5. The predicted octanol–water partition coefficient (Wildman–Crippen LogP) is 1.95. The summed E-state index contributed by atoms with van der Waals surface area (Å²) in [5, 5.41) is 26.0. The first kappa shape index (κ1) is 17.5. The maximum Gasteiger partial charge on any atom is 0.314 e. The van der Waals surface area contributed by atoms with Crippen LogP contribution in [0.15, 0.2) is 30.7 Å². The highest BCUT2D eigenvalue weighted by molar-refractivity contribution is 5.68. The van der Waals surface area contributed by atoms with E-state index in [1.54, 1.807) is 24.5 Å². The molecule has 1 saturated heterocycles. The number of β-amino-alcohol motifs (C(OH)–C–C–N with tert-alkyl or cyclic N) is 1. The van der Waals surface area contributed by atoms with Crippen molar-refractivity contribution >= 4 is 5.69 Å². The zero-order valence-corrected chi connectivity index (χ0v) is 14.3. The Morgan fingerprint density at radius 3 is 2.64 bits per heavy atom. The third-order valence-electron chi connectivity index (χ3n) is 4.64. The second-order valence-electron chi connectivity index (χ2n) is 6.71. The summed E-state index contributed by atoms with van der Waals surface area (Å²) in [4.78, 5) is 17.0. The summed E-state index contributed by atoms with van der Waals surface area (Å²) in [6, 6.07) is 3.37. The monoisotopic (exact) mass is 345 g/mol. The highest BCUT2D eigenvalue weighted by Crippen LogP contribution is 2.27. The van der Waals surface area contributed by atoms with Gasteiger partial charge in [0.25, 0.3) is 0 Å². The number of nitro groups is 1. The Balaban J connectivity index is 1.69. The molecule has 3 rings (SSSR count). The van der Waals surface area contributed by atoms with Crippen molar-refractivity contribution in [1.82, 2.24) is 19.7 Å². The van der Waals surface area contributed by atoms with Crippen molar-refractivity contribution in [3.8, 4) is 11.3 Å². The van der Waals surface area contributed by atoms with E-state index in [1.165, 1.54) is 10.9 Å². The Morgan fingerprint density at radius 2 is 2.00 bits per heavy atom. The molecule has 1 fully saturated rings. The van der Waals surface area contributed by atoms with Crippen molar-refractivity contribution in [2.45, 2.75) is 32.4 Å². The number of hydrogen-bond acceptors (Lipinski definition) is 6. The molecule has 1 atom stereocenters. The SMILES string of the molecule is CC1CCN(C[C@H](O)Cn2cc([N+](=O)[O-])c(-c3ccncc3)n2)CC1. The van der Waals surface area contributed by atoms with Crippen LogP contribution in [0, 0.1) is 16.0 Å². The molecule has 0 spiro atoms. The van der Waals surface area contributed by atoms with Crippen molar-refractivity contribution in [2.75, 3.05) is 19.6 Å². The van der Waals surface area contributed by atoms with E-state index in [-0.39, 0.29) is 12.2 Å². The molecule has 2 aromatic rings. The lowest BCUT2D eigenvalue weighted by atomic mass is 9.99. The molecular weight excluding hydrogens is 322 g/mol. The Morgan fingerprint density at radius 1 is 1.32 bits per heavy atom. The predicted molar refractivity (Wildman–Crippen MR) is 93.0 cm³/mol. The Hall–Kier alpha value is -2.32. The molecule has 25 heavy (non-hydrogen) atoms. The minimum absolute atomic E-state index is 0.0646. The molecule has 8 heteroatoms. The van der Waals surface area contributed by atoms with Gasteiger partial charge in [-0.15, -0.1) is 0 Å². The molecule has 1 aliphatic rings. The van der Waals surface area contributed by atoms with Crippen LogP contribution in [0.1, 0.15) is 19.8 Å². The van der Waals surface area contributed by atoms with Gasteiger partial charge in [0.05, 0.1) is 17.6 Å². The van der Waals surface area contributed by atoms with Crippen molar-refractivity contribution in [3.63, 3.8) is 0 Å². The molecule has 0 bridgehead atoms. The van der Waals surface area contributed by atoms with Gasteiger partial charge < -0.3 is 10.0 Å². The van der Waals surface area contributed by atoms with Gasteiger partial charge in [0.2, 0.25) is 0 Å². The van der Waals surface area contributed by atoms with E-state index >= 15 is 0 Å². The first-order valence-corrected chi connectivity index (χ1v) is 8.55. The smallest absolute Gasteiger partial charge is 0.314 e. The minimum Gasteiger partial charge on any atom is -0.390 e. The molecular formula is C17H23N5O3. The van der Waals surface area contributed by atoms with Crippen LogP contribution in [0.4, 0.5) is 5.69 Å². The van der Waals surface area contributed by atoms with Crippen LogP contribution in [0.25, 0.3) is 11.3 Å². The second kappa shape index (κ2) is 7.71. The van der Waals surface area contributed by atoms with Crippen molar-refractivity contribution in [3.05, 3.63) is 40.8 Å². The molecule has 0 aromatic carbocycles. The standard InChI is InChI=1S/C17H23N5O3/c1-13-4-8-20(9-5-13)10-15(23)11-21-12-16(22(24)25)17(19-21)14-2-6-18-7-3-14/h2-3,6-7,12-13,15,23H,4-5,8-11H2,1H3/t15-/m0/s1. The largest absolute Gasteiger partial charge is 0.390 e. The molecule has 0 aliphatic carbocycles. The lowest BCUT2D eigenvalue weighted by molar-refractivity contribution is -0.384. The fraction of sp³-hybridized carbons (Fsp3) is 0.529. The van der Waals surface area contributed by atoms with Crippen LogP contribution in [0.2, 0.25) is 0 Å². The molecule has 0 radical (unpaired) electrons. The van der Waals surface area contributed by atoms with Gasteiger partial charge in [-0.3, -0.25) is 19.8 Å². The Bertz CT molecular complexity index is 710. The van der Waals surface area contributed by atoms with Crippen LogP contribution in [0.5, 0.6) is 0 Å². The van der Waals surface area contributed by atoms with E-state index in [9.17, 15) is 15.2 Å². The van der Waals surface area contributed by atoms with Gasteiger partial charge in [-0.25, -0.2) is 0 Å². The number of piperidine rings is 1. The van der Waals surface area contributed by atoms with Crippen molar-refractivity contribution in [2.24, 2.45) is 5.92 Å². The van der Waals surface area contributed by atoms with E-state index < -0.39 is 11.0 Å². The number of nitrogens with zero attached hydrogens (tertiary/aromatic N) is 5. The zero-order chi connectivity index (χ0) is 17.8. The number of pyridine rings is 1. The first-order chi connectivity index (χ1) is 12.0. The van der Waals surface area contributed by atoms with Gasteiger partial charge in [-0.2, -0.15) is 5.10 Å². The Kier molecular flexibility index (Phi) is 5.40. The average Bonchev–Trinajstić information content (AvgIpc) is 3.02. The lowest BCUT2D eigenvalue weighted by Crippen LogP contribution is -2.39. The minimum atomic E-state index is -0.613. The summed E-state index contributed by atoms with van der Waals surface area (Å²) in [6.45, 7) is 5.01. The summed E-state index contributed by atoms with van der Waals surface area (Å²) >= 11 is 0. The van der Waals surface area contributed by atoms with Crippen molar-refractivity contribution in [1.29, 1.82) is 0 Å². The molecule has 0 amide bonds. The van der Waals surface area contributed by atoms with Gasteiger partial charge in [-0.05, 0) is 44.0 Å². The molecule has 134 valence electrons. The maximum absolute atomic E-state index is 11.3. The molecule has 1 N–H and O–H groups in total. The zero-order valence-electron chi connectivity index (χ0n) is 14.3. The van der Waals surface area contributed by atoms with E-state index in [2.05, 4.69) is 21.9 Å². The third-order valence-corrected chi connectivity index (χ3v) is 4.64. The number of aliphatic hydroxyl groups excluding tert-OH is 1. The number of aliphatic hydroxyl groups is 1. The van der Waals surface area contributed by atoms with Crippen LogP contribution < -0.4 is 0 Å². The van der Waals surface area contributed by atoms with Crippen LogP contribution in [-0.2, 0) is 6.54 Å². The van der Waals surface area contributed by atoms with Crippen LogP contribution in [0.3, 0.4) is 0 Å². The van der Waals surface area contributed by atoms with Gasteiger partial charge in [0.1, 0.15) is 6.20 Å². The number of hydrogen-bond donors (Lipinski definition) is 1. The number of likely N-dealkylation sites (tertiary alicyclic amines) is 1. The summed E-state index contributed by atoms with van der Waals surface area (Å²) in [5.74, 6) is 0.741. The number of aromatic nitrogens is 3. The molecule has 8 nitrogen and oxygen atoms in total. The summed E-state index contributed by atoms with van der Waals surface area (Å²) in [6.07, 6.45) is 6.21. The van der Waals surface area contributed by atoms with Crippen molar-refractivity contribution < 1.29 is 10.0 Å². The second-order valence-corrected chi connectivity index (χ2v) is 6.71. The molecule has 2 aromatic heterocycles. The van der Waals surface area contributed by atoms with Gasteiger partial charge in [0, 0.05) is 24.5 Å². The highest BCUT2D eigenvalue weighted by atomic mass is 16.6.